The van der Waals surface area contributed by atoms with Crippen molar-refractivity contribution in [2.75, 3.05) is 26.3 Å². The molecule has 26 heavy (non-hydrogen) atoms. The molecule has 0 radical (unpaired) electrons. The number of carbonyl (C=O) groups is 1. The van der Waals surface area contributed by atoms with Gasteiger partial charge in [-0.05, 0) is 28.7 Å². The molecule has 1 fully saturated rings. The lowest BCUT2D eigenvalue weighted by atomic mass is 10.1. The third-order valence-corrected chi connectivity index (χ3v) is 4.06. The number of aromatic nitrogens is 2. The molecule has 8 heteroatoms. The van der Waals surface area contributed by atoms with Crippen LogP contribution in [0.25, 0.3) is 18.4 Å². The molecule has 0 bridgehead atoms. The van der Waals surface area contributed by atoms with Crippen LogP contribution in [-0.2, 0) is 4.74 Å². The highest BCUT2D eigenvalue weighted by molar-refractivity contribution is 5.94. The van der Waals surface area contributed by atoms with Crippen LogP contribution in [0.3, 0.4) is 0 Å². The van der Waals surface area contributed by atoms with Crippen molar-refractivity contribution in [1.82, 2.24) is 14.5 Å². The van der Waals surface area contributed by atoms with E-state index in [1.807, 2.05) is 12.1 Å². The molecule has 1 saturated heterocycles. The van der Waals surface area contributed by atoms with Crippen LogP contribution in [0.15, 0.2) is 37.0 Å². The number of benzene rings is 1. The van der Waals surface area contributed by atoms with E-state index in [0.29, 0.717) is 37.7 Å². The fourth-order valence-corrected chi connectivity index (χ4v) is 2.67. The summed E-state index contributed by atoms with van der Waals surface area (Å²) in [6, 6.07) is 7.17. The van der Waals surface area contributed by atoms with Gasteiger partial charge in [0.1, 0.15) is 6.20 Å². The number of nitro groups is 1. The molecule has 1 aliphatic rings. The Hall–Kier alpha value is -3.26. The molecule has 0 spiro atoms. The molecule has 1 amide bonds. The SMILES string of the molecule is C=Cn1c([N+](=O)[O-])cnc1C=Cc1ccc(C(=O)N2CCOCC2)cc1. The second-order valence-electron chi connectivity index (χ2n) is 5.64. The van der Waals surface area contributed by atoms with E-state index in [1.165, 1.54) is 17.0 Å². The van der Waals surface area contributed by atoms with Crippen LogP contribution in [0.4, 0.5) is 5.82 Å². The molecule has 0 aliphatic carbocycles. The summed E-state index contributed by atoms with van der Waals surface area (Å²) < 4.78 is 6.55. The van der Waals surface area contributed by atoms with Gasteiger partial charge in [-0.2, -0.15) is 4.57 Å². The lowest BCUT2D eigenvalue weighted by Gasteiger charge is -2.26. The van der Waals surface area contributed by atoms with Crippen LogP contribution in [0, 0.1) is 10.1 Å². The zero-order valence-electron chi connectivity index (χ0n) is 14.1. The molecule has 1 aliphatic heterocycles. The average Bonchev–Trinajstić information content (AvgIpc) is 3.10. The Kier molecular flexibility index (Phi) is 5.23. The van der Waals surface area contributed by atoms with E-state index in [-0.39, 0.29) is 11.7 Å². The van der Waals surface area contributed by atoms with Crippen LogP contribution in [0.5, 0.6) is 0 Å². The van der Waals surface area contributed by atoms with Gasteiger partial charge >= 0.3 is 5.82 Å². The van der Waals surface area contributed by atoms with E-state index in [2.05, 4.69) is 11.6 Å². The maximum absolute atomic E-state index is 12.4. The summed E-state index contributed by atoms with van der Waals surface area (Å²) in [5.41, 5.74) is 1.47. The first kappa shape index (κ1) is 17.6. The van der Waals surface area contributed by atoms with Crippen LogP contribution in [0.2, 0.25) is 0 Å². The van der Waals surface area contributed by atoms with Gasteiger partial charge in [0.05, 0.1) is 19.4 Å². The molecule has 8 nitrogen and oxygen atoms in total. The molecule has 0 atom stereocenters. The predicted molar refractivity (Wildman–Crippen MR) is 97.4 cm³/mol. The van der Waals surface area contributed by atoms with Crippen LogP contribution in [0.1, 0.15) is 21.7 Å². The summed E-state index contributed by atoms with van der Waals surface area (Å²) >= 11 is 0. The topological polar surface area (TPSA) is 90.5 Å². The number of amides is 1. The maximum atomic E-state index is 12.4. The van der Waals surface area contributed by atoms with E-state index in [9.17, 15) is 14.9 Å². The third-order valence-electron chi connectivity index (χ3n) is 4.06. The number of hydrogen-bond acceptors (Lipinski definition) is 5. The Morgan fingerprint density at radius 1 is 1.23 bits per heavy atom. The van der Waals surface area contributed by atoms with Crippen molar-refractivity contribution in [2.24, 2.45) is 0 Å². The minimum atomic E-state index is -0.516. The Bertz CT molecular complexity index is 849. The second-order valence-corrected chi connectivity index (χ2v) is 5.64. The lowest BCUT2D eigenvalue weighted by Crippen LogP contribution is -2.40. The molecule has 1 aromatic heterocycles. The van der Waals surface area contributed by atoms with Gasteiger partial charge < -0.3 is 19.8 Å². The van der Waals surface area contributed by atoms with E-state index < -0.39 is 4.92 Å². The summed E-state index contributed by atoms with van der Waals surface area (Å²) in [6.45, 7) is 5.90. The molecule has 0 N–H and O–H groups in total. The zero-order chi connectivity index (χ0) is 18.5. The first-order chi connectivity index (χ1) is 12.6. The number of hydrogen-bond donors (Lipinski definition) is 0. The Morgan fingerprint density at radius 2 is 1.92 bits per heavy atom. The standard InChI is InChI=1S/C18H18N4O4/c1-2-21-16(19-13-17(21)22(24)25)8-5-14-3-6-15(7-4-14)18(23)20-9-11-26-12-10-20/h2-8,13H,1,9-12H2. The van der Waals surface area contributed by atoms with Crippen molar-refractivity contribution in [3.63, 3.8) is 0 Å². The molecule has 1 aromatic carbocycles. The zero-order valence-corrected chi connectivity index (χ0v) is 14.1. The van der Waals surface area contributed by atoms with Gasteiger partial charge in [0.15, 0.2) is 0 Å². The molecule has 0 saturated carbocycles. The first-order valence-corrected chi connectivity index (χ1v) is 8.09. The van der Waals surface area contributed by atoms with Crippen molar-refractivity contribution in [3.8, 4) is 0 Å². The highest BCUT2D eigenvalue weighted by Gasteiger charge is 2.18. The lowest BCUT2D eigenvalue weighted by molar-refractivity contribution is -0.390. The highest BCUT2D eigenvalue weighted by Crippen LogP contribution is 2.17. The van der Waals surface area contributed by atoms with Crippen molar-refractivity contribution < 1.29 is 14.5 Å². The summed E-state index contributed by atoms with van der Waals surface area (Å²) in [4.78, 5) is 28.6. The molecule has 0 unspecified atom stereocenters. The van der Waals surface area contributed by atoms with Crippen molar-refractivity contribution >= 4 is 30.1 Å². The first-order valence-electron chi connectivity index (χ1n) is 8.09. The Balaban J connectivity index is 1.73. The minimum absolute atomic E-state index is 0.0124. The number of rotatable bonds is 5. The van der Waals surface area contributed by atoms with Crippen molar-refractivity contribution in [1.29, 1.82) is 0 Å². The summed E-state index contributed by atoms with van der Waals surface area (Å²) in [7, 11) is 0. The molecule has 134 valence electrons. The van der Waals surface area contributed by atoms with E-state index >= 15 is 0 Å². The van der Waals surface area contributed by atoms with Crippen molar-refractivity contribution in [2.45, 2.75) is 0 Å². The van der Waals surface area contributed by atoms with Gasteiger partial charge in [-0.15, -0.1) is 0 Å². The summed E-state index contributed by atoms with van der Waals surface area (Å²) in [6.07, 6.45) is 5.96. The number of imidazole rings is 1. The predicted octanol–water partition coefficient (Wildman–Crippen LogP) is 2.53. The highest BCUT2D eigenvalue weighted by atomic mass is 16.6. The fraction of sp³-hybridized carbons (Fsp3) is 0.222. The average molecular weight is 354 g/mol. The van der Waals surface area contributed by atoms with Gasteiger partial charge in [-0.3, -0.25) is 4.79 Å². The van der Waals surface area contributed by atoms with Crippen molar-refractivity contribution in [3.05, 3.63) is 64.1 Å². The van der Waals surface area contributed by atoms with Crippen LogP contribution >= 0.6 is 0 Å². The molecular weight excluding hydrogens is 336 g/mol. The molecular formula is C18H18N4O4. The smallest absolute Gasteiger partial charge is 0.347 e. The number of nitrogens with zero attached hydrogens (tertiary/aromatic N) is 4. The van der Waals surface area contributed by atoms with E-state index in [1.54, 1.807) is 29.2 Å². The number of morpholine rings is 1. The molecule has 2 aromatic rings. The number of carbonyl (C=O) groups excluding carboxylic acids is 1. The van der Waals surface area contributed by atoms with E-state index in [0.717, 1.165) is 5.56 Å². The summed E-state index contributed by atoms with van der Waals surface area (Å²) in [5.74, 6) is 0.243. The Morgan fingerprint density at radius 3 is 2.54 bits per heavy atom. The van der Waals surface area contributed by atoms with E-state index in [4.69, 9.17) is 4.74 Å². The minimum Gasteiger partial charge on any atom is -0.378 e. The second kappa shape index (κ2) is 7.75. The van der Waals surface area contributed by atoms with Gasteiger partial charge in [0.2, 0.25) is 5.82 Å². The van der Waals surface area contributed by atoms with Crippen LogP contribution < -0.4 is 0 Å². The maximum Gasteiger partial charge on any atom is 0.347 e. The Labute approximate surface area is 150 Å². The van der Waals surface area contributed by atoms with Gasteiger partial charge in [0, 0.05) is 24.7 Å². The quantitative estimate of drug-likeness (QED) is 0.608. The molecule has 3 rings (SSSR count). The van der Waals surface area contributed by atoms with Crippen LogP contribution in [-0.4, -0.2) is 51.6 Å². The monoisotopic (exact) mass is 354 g/mol. The normalized spacial score (nSPS) is 14.5. The number of ether oxygens (including phenoxy) is 1. The van der Waals surface area contributed by atoms with Gasteiger partial charge in [0.25, 0.3) is 5.91 Å². The van der Waals surface area contributed by atoms with Gasteiger partial charge in [-0.25, -0.2) is 4.98 Å². The summed E-state index contributed by atoms with van der Waals surface area (Å²) in [5, 5.41) is 10.9. The largest absolute Gasteiger partial charge is 0.378 e. The fourth-order valence-electron chi connectivity index (χ4n) is 2.67. The third kappa shape index (κ3) is 3.70. The molecule has 2 heterocycles. The van der Waals surface area contributed by atoms with Gasteiger partial charge in [-0.1, -0.05) is 18.7 Å².